The van der Waals surface area contributed by atoms with Crippen molar-refractivity contribution >= 4 is 30.6 Å². The zero-order valence-corrected chi connectivity index (χ0v) is 9.00. The van der Waals surface area contributed by atoms with Crippen LogP contribution in [0.5, 0.6) is 5.75 Å². The smallest absolute Gasteiger partial charge is 0.253 e. The Bertz CT molecular complexity index is 275. The lowest BCUT2D eigenvalue weighted by atomic mass is 10.3. The molecule has 4 heteroatoms. The summed E-state index contributed by atoms with van der Waals surface area (Å²) < 4.78 is 16.7. The van der Waals surface area contributed by atoms with Crippen molar-refractivity contribution in [3.8, 4) is 5.75 Å². The quantitative estimate of drug-likeness (QED) is 0.615. The van der Waals surface area contributed by atoms with Crippen molar-refractivity contribution in [3.63, 3.8) is 0 Å². The third kappa shape index (κ3) is 2.75. The second kappa shape index (κ2) is 4.02. The Morgan fingerprint density at radius 1 is 1.45 bits per heavy atom. The normalized spacial score (nSPS) is 10.9. The van der Waals surface area contributed by atoms with Crippen molar-refractivity contribution in [3.05, 3.63) is 27.8 Å². The van der Waals surface area contributed by atoms with Crippen molar-refractivity contribution < 1.29 is 9.09 Å². The van der Waals surface area contributed by atoms with Gasteiger partial charge in [0.05, 0.1) is 3.57 Å². The van der Waals surface area contributed by atoms with E-state index >= 15 is 0 Å². The van der Waals surface area contributed by atoms with Gasteiger partial charge in [-0.05, 0) is 39.3 Å². The minimum atomic E-state index is -1.55. The van der Waals surface area contributed by atoms with Crippen molar-refractivity contribution in [2.75, 3.05) is 6.66 Å². The highest BCUT2D eigenvalue weighted by Crippen LogP contribution is 2.27. The van der Waals surface area contributed by atoms with Gasteiger partial charge in [-0.15, -0.1) is 0 Å². The number of hydrogen-bond donors (Lipinski definition) is 0. The summed E-state index contributed by atoms with van der Waals surface area (Å²) in [7, 11) is -1.55. The van der Waals surface area contributed by atoms with Crippen LogP contribution in [0, 0.1) is 3.57 Å². The molecule has 0 spiro atoms. The Morgan fingerprint density at radius 2 is 2.09 bits per heavy atom. The molecule has 0 aliphatic carbocycles. The molecule has 0 N–H and O–H groups in total. The number of benzene rings is 1. The summed E-state index contributed by atoms with van der Waals surface area (Å²) in [5.41, 5.74) is 0. The number of para-hydroxylation sites is 1. The fourth-order valence-corrected chi connectivity index (χ4v) is 1.77. The molecule has 58 valence electrons. The lowest BCUT2D eigenvalue weighted by Crippen LogP contribution is -1.82. The zero-order valence-electron chi connectivity index (χ0n) is 5.95. The molecule has 0 aliphatic rings. The Kier molecular flexibility index (Phi) is 3.27. The molecule has 0 heterocycles. The summed E-state index contributed by atoms with van der Waals surface area (Å²) in [5, 5.41) is 0. The number of hydrogen-bond acceptors (Lipinski definition) is 2. The van der Waals surface area contributed by atoms with E-state index in [1.807, 2.05) is 18.2 Å². The van der Waals surface area contributed by atoms with Gasteiger partial charge in [0, 0.05) is 0 Å². The Balaban J connectivity index is 2.86. The van der Waals surface area contributed by atoms with E-state index in [1.54, 1.807) is 12.7 Å². The maximum absolute atomic E-state index is 10.7. The van der Waals surface area contributed by atoms with Crippen LogP contribution < -0.4 is 4.52 Å². The van der Waals surface area contributed by atoms with E-state index in [9.17, 15) is 4.57 Å². The predicted molar refractivity (Wildman–Crippen MR) is 53.3 cm³/mol. The van der Waals surface area contributed by atoms with Crippen LogP contribution in [-0.4, -0.2) is 6.66 Å². The summed E-state index contributed by atoms with van der Waals surface area (Å²) in [6.45, 7) is 1.54. The molecule has 0 aliphatic heterocycles. The molecule has 0 saturated heterocycles. The van der Waals surface area contributed by atoms with E-state index in [4.69, 9.17) is 4.52 Å². The predicted octanol–water partition coefficient (Wildman–Crippen LogP) is 3.04. The summed E-state index contributed by atoms with van der Waals surface area (Å²) in [6, 6.07) is 7.49. The summed E-state index contributed by atoms with van der Waals surface area (Å²) >= 11 is 2.14. The van der Waals surface area contributed by atoms with E-state index in [1.165, 1.54) is 0 Å². The largest absolute Gasteiger partial charge is 0.552 e. The van der Waals surface area contributed by atoms with Crippen LogP contribution in [0.3, 0.4) is 0 Å². The standard InChI is InChI=1S/C7H7IO2P/c1-11(9)10-7-5-3-2-4-6(7)8/h2-5H,1H3/q+1. The van der Waals surface area contributed by atoms with E-state index in [2.05, 4.69) is 22.6 Å². The van der Waals surface area contributed by atoms with Gasteiger partial charge in [0.2, 0.25) is 0 Å². The molecule has 1 atom stereocenters. The van der Waals surface area contributed by atoms with Crippen LogP contribution in [-0.2, 0) is 4.57 Å². The zero-order chi connectivity index (χ0) is 8.27. The Labute approximate surface area is 80.0 Å². The van der Waals surface area contributed by atoms with Crippen LogP contribution in [0.1, 0.15) is 0 Å². The van der Waals surface area contributed by atoms with Gasteiger partial charge in [-0.25, -0.2) is 0 Å². The first kappa shape index (κ1) is 8.94. The van der Waals surface area contributed by atoms with Crippen LogP contribution in [0.25, 0.3) is 0 Å². The second-order valence-electron chi connectivity index (χ2n) is 1.96. The average Bonchev–Trinajstić information content (AvgIpc) is 1.93. The van der Waals surface area contributed by atoms with Gasteiger partial charge in [-0.1, -0.05) is 12.1 Å². The van der Waals surface area contributed by atoms with Crippen molar-refractivity contribution in [1.82, 2.24) is 0 Å². The van der Waals surface area contributed by atoms with E-state index in [-0.39, 0.29) is 0 Å². The molecule has 0 bridgehead atoms. The van der Waals surface area contributed by atoms with Gasteiger partial charge in [-0.3, -0.25) is 4.52 Å². The monoisotopic (exact) mass is 281 g/mol. The SMILES string of the molecule is C[P+](=O)Oc1ccccc1I. The average molecular weight is 281 g/mol. The summed E-state index contributed by atoms with van der Waals surface area (Å²) in [6.07, 6.45) is 0. The molecular formula is C7H7IO2P+. The highest BCUT2D eigenvalue weighted by atomic mass is 127. The van der Waals surface area contributed by atoms with Gasteiger partial charge in [-0.2, -0.15) is 0 Å². The fraction of sp³-hybridized carbons (Fsp3) is 0.143. The maximum Gasteiger partial charge on any atom is 0.552 e. The van der Waals surface area contributed by atoms with Crippen molar-refractivity contribution in [2.45, 2.75) is 0 Å². The van der Waals surface area contributed by atoms with Crippen LogP contribution in [0.2, 0.25) is 0 Å². The van der Waals surface area contributed by atoms with E-state index in [0.29, 0.717) is 5.75 Å². The molecule has 1 aromatic rings. The third-order valence-corrected chi connectivity index (χ3v) is 2.41. The van der Waals surface area contributed by atoms with Gasteiger partial charge in [0.25, 0.3) is 0 Å². The molecule has 0 amide bonds. The highest BCUT2D eigenvalue weighted by Gasteiger charge is 2.10. The summed E-state index contributed by atoms with van der Waals surface area (Å²) in [5.74, 6) is 0.691. The van der Waals surface area contributed by atoms with Crippen LogP contribution in [0.4, 0.5) is 0 Å². The van der Waals surface area contributed by atoms with Gasteiger partial charge >= 0.3 is 8.03 Å². The lowest BCUT2D eigenvalue weighted by Gasteiger charge is -1.93. The topological polar surface area (TPSA) is 26.3 Å². The number of halogens is 1. The molecule has 0 radical (unpaired) electrons. The van der Waals surface area contributed by atoms with E-state index in [0.717, 1.165) is 3.57 Å². The molecular weight excluding hydrogens is 274 g/mol. The van der Waals surface area contributed by atoms with Gasteiger partial charge < -0.3 is 0 Å². The molecule has 1 aromatic carbocycles. The first-order chi connectivity index (χ1) is 5.20. The molecule has 1 unspecified atom stereocenters. The highest BCUT2D eigenvalue weighted by molar-refractivity contribution is 14.1. The van der Waals surface area contributed by atoms with Crippen molar-refractivity contribution in [1.29, 1.82) is 0 Å². The van der Waals surface area contributed by atoms with Crippen LogP contribution in [0.15, 0.2) is 24.3 Å². The second-order valence-corrected chi connectivity index (χ2v) is 4.19. The number of rotatable bonds is 2. The lowest BCUT2D eigenvalue weighted by molar-refractivity contribution is 0.509. The van der Waals surface area contributed by atoms with E-state index < -0.39 is 8.03 Å². The third-order valence-electron chi connectivity index (χ3n) is 1.06. The van der Waals surface area contributed by atoms with Crippen molar-refractivity contribution in [2.24, 2.45) is 0 Å². The fourth-order valence-electron chi connectivity index (χ4n) is 0.657. The molecule has 1 rings (SSSR count). The Hall–Kier alpha value is -0.150. The van der Waals surface area contributed by atoms with Gasteiger partial charge in [0.1, 0.15) is 0 Å². The van der Waals surface area contributed by atoms with Gasteiger partial charge in [0.15, 0.2) is 12.4 Å². The van der Waals surface area contributed by atoms with Crippen LogP contribution >= 0.6 is 30.6 Å². The Morgan fingerprint density at radius 3 is 2.64 bits per heavy atom. The first-order valence-corrected chi connectivity index (χ1v) is 5.74. The molecule has 0 saturated carbocycles. The minimum Gasteiger partial charge on any atom is -0.253 e. The molecule has 0 fully saturated rings. The molecule has 11 heavy (non-hydrogen) atoms. The minimum absolute atomic E-state index is 0.691. The molecule has 0 aromatic heterocycles. The molecule has 2 nitrogen and oxygen atoms in total. The maximum atomic E-state index is 10.7. The summed E-state index contributed by atoms with van der Waals surface area (Å²) in [4.78, 5) is 0. The first-order valence-electron chi connectivity index (χ1n) is 3.03.